The Hall–Kier alpha value is -2.32. The molecule has 150 valence electrons. The molecule has 1 fully saturated rings. The number of hydrogen-bond acceptors (Lipinski definition) is 3. The van der Waals surface area contributed by atoms with Crippen molar-refractivity contribution in [2.75, 3.05) is 13.1 Å². The van der Waals surface area contributed by atoms with Gasteiger partial charge in [0, 0.05) is 13.1 Å². The first-order valence-electron chi connectivity index (χ1n) is 9.09. The first-order chi connectivity index (χ1) is 13.3. The third-order valence-corrected chi connectivity index (χ3v) is 6.81. The minimum Gasteiger partial charge on any atom is -0.349 e. The van der Waals surface area contributed by atoms with Crippen LogP contribution in [0.5, 0.6) is 0 Å². The Balaban J connectivity index is 1.67. The highest BCUT2D eigenvalue weighted by Gasteiger charge is 2.33. The molecule has 1 saturated heterocycles. The molecule has 0 spiro atoms. The minimum atomic E-state index is -3.79. The van der Waals surface area contributed by atoms with Gasteiger partial charge >= 0.3 is 0 Å². The molecule has 1 aliphatic rings. The monoisotopic (exact) mass is 408 g/mol. The number of carbonyl (C=O) groups excluding carboxylic acids is 1. The molecular weight excluding hydrogens is 386 g/mol. The predicted molar refractivity (Wildman–Crippen MR) is 101 cm³/mol. The summed E-state index contributed by atoms with van der Waals surface area (Å²) >= 11 is 0. The third kappa shape index (κ3) is 4.56. The molecule has 1 heterocycles. The summed E-state index contributed by atoms with van der Waals surface area (Å²) in [5.74, 6) is -1.58. The van der Waals surface area contributed by atoms with Crippen LogP contribution in [0.2, 0.25) is 0 Å². The van der Waals surface area contributed by atoms with E-state index in [0.29, 0.717) is 19.4 Å². The van der Waals surface area contributed by atoms with E-state index in [4.69, 9.17) is 0 Å². The van der Waals surface area contributed by atoms with Gasteiger partial charge in [0.25, 0.3) is 0 Å². The standard InChI is InChI=1S/C20H22F2N2O3S/c1-14(15-4-6-17(21)7-5-15)23-20(25)16-3-2-12-24(13-16)28(26,27)19-10-8-18(22)9-11-19/h4-11,14,16H,2-3,12-13H2,1H3,(H,23,25)/t14-,16-/m0/s1. The second kappa shape index (κ2) is 8.36. The van der Waals surface area contributed by atoms with Crippen molar-refractivity contribution in [3.63, 3.8) is 0 Å². The quantitative estimate of drug-likeness (QED) is 0.826. The van der Waals surface area contributed by atoms with Crippen molar-refractivity contribution in [2.24, 2.45) is 5.92 Å². The van der Waals surface area contributed by atoms with E-state index in [1.165, 1.54) is 28.6 Å². The molecule has 3 rings (SSSR count). The molecule has 5 nitrogen and oxygen atoms in total. The van der Waals surface area contributed by atoms with Gasteiger partial charge in [0.1, 0.15) is 11.6 Å². The second-order valence-corrected chi connectivity index (χ2v) is 8.88. The molecule has 0 saturated carbocycles. The zero-order valence-corrected chi connectivity index (χ0v) is 16.3. The Bertz CT molecular complexity index is 931. The number of nitrogens with one attached hydrogen (secondary N) is 1. The number of hydrogen-bond donors (Lipinski definition) is 1. The van der Waals surface area contributed by atoms with E-state index < -0.39 is 21.8 Å². The Morgan fingerprint density at radius 3 is 2.25 bits per heavy atom. The van der Waals surface area contributed by atoms with Gasteiger partial charge in [-0.15, -0.1) is 0 Å². The number of benzene rings is 2. The fourth-order valence-corrected chi connectivity index (χ4v) is 4.82. The molecule has 0 unspecified atom stereocenters. The van der Waals surface area contributed by atoms with Gasteiger partial charge in [0.15, 0.2) is 0 Å². The van der Waals surface area contributed by atoms with Crippen LogP contribution in [-0.4, -0.2) is 31.7 Å². The molecule has 0 aliphatic carbocycles. The zero-order valence-electron chi connectivity index (χ0n) is 15.4. The Kier molecular flexibility index (Phi) is 6.10. The van der Waals surface area contributed by atoms with Gasteiger partial charge in [-0.3, -0.25) is 4.79 Å². The van der Waals surface area contributed by atoms with Crippen molar-refractivity contribution >= 4 is 15.9 Å². The number of piperidine rings is 1. The van der Waals surface area contributed by atoms with Crippen LogP contribution in [0.1, 0.15) is 31.4 Å². The fourth-order valence-electron chi connectivity index (χ4n) is 3.30. The summed E-state index contributed by atoms with van der Waals surface area (Å²) in [5, 5.41) is 2.87. The minimum absolute atomic E-state index is 0.00892. The Labute approximate surface area is 163 Å². The van der Waals surface area contributed by atoms with Crippen LogP contribution in [0.15, 0.2) is 53.4 Å². The van der Waals surface area contributed by atoms with Gasteiger partial charge < -0.3 is 5.32 Å². The average Bonchev–Trinajstić information content (AvgIpc) is 2.69. The number of amides is 1. The summed E-state index contributed by atoms with van der Waals surface area (Å²) in [7, 11) is -3.79. The molecule has 2 aromatic carbocycles. The summed E-state index contributed by atoms with van der Waals surface area (Å²) in [4.78, 5) is 12.7. The van der Waals surface area contributed by atoms with Crippen LogP contribution >= 0.6 is 0 Å². The number of carbonyl (C=O) groups is 1. The molecule has 0 radical (unpaired) electrons. The lowest BCUT2D eigenvalue weighted by Crippen LogP contribution is -2.45. The molecule has 1 aliphatic heterocycles. The molecule has 1 amide bonds. The highest BCUT2D eigenvalue weighted by molar-refractivity contribution is 7.89. The molecule has 28 heavy (non-hydrogen) atoms. The number of sulfonamides is 1. The Morgan fingerprint density at radius 2 is 1.64 bits per heavy atom. The molecule has 8 heteroatoms. The zero-order chi connectivity index (χ0) is 20.3. The number of rotatable bonds is 5. The number of nitrogens with zero attached hydrogens (tertiary/aromatic N) is 1. The van der Waals surface area contributed by atoms with E-state index in [-0.39, 0.29) is 29.2 Å². The maximum absolute atomic E-state index is 13.1. The van der Waals surface area contributed by atoms with Crippen LogP contribution in [0, 0.1) is 17.6 Å². The fraction of sp³-hybridized carbons (Fsp3) is 0.350. The van der Waals surface area contributed by atoms with Crippen LogP contribution in [-0.2, 0) is 14.8 Å². The topological polar surface area (TPSA) is 66.5 Å². The summed E-state index contributed by atoms with van der Waals surface area (Å²) in [6, 6.07) is 10.2. The average molecular weight is 408 g/mol. The van der Waals surface area contributed by atoms with E-state index in [1.54, 1.807) is 19.1 Å². The van der Waals surface area contributed by atoms with Crippen molar-refractivity contribution in [1.82, 2.24) is 9.62 Å². The summed E-state index contributed by atoms with van der Waals surface area (Å²) in [6.07, 6.45) is 1.14. The van der Waals surface area contributed by atoms with Crippen LogP contribution in [0.3, 0.4) is 0 Å². The molecule has 2 aromatic rings. The summed E-state index contributed by atoms with van der Waals surface area (Å²) < 4.78 is 53.0. The molecule has 1 N–H and O–H groups in total. The largest absolute Gasteiger partial charge is 0.349 e. The summed E-state index contributed by atoms with van der Waals surface area (Å²) in [5.41, 5.74) is 0.765. The van der Waals surface area contributed by atoms with E-state index >= 15 is 0 Å². The van der Waals surface area contributed by atoms with Gasteiger partial charge in [0.2, 0.25) is 15.9 Å². The maximum atomic E-state index is 13.1. The number of halogens is 2. The second-order valence-electron chi connectivity index (χ2n) is 6.94. The molecule has 2 atom stereocenters. The van der Waals surface area contributed by atoms with Crippen LogP contribution in [0.4, 0.5) is 8.78 Å². The van der Waals surface area contributed by atoms with Crippen molar-refractivity contribution < 1.29 is 22.0 Å². The summed E-state index contributed by atoms with van der Waals surface area (Å²) in [6.45, 7) is 2.18. The first-order valence-corrected chi connectivity index (χ1v) is 10.5. The van der Waals surface area contributed by atoms with Crippen molar-refractivity contribution in [1.29, 1.82) is 0 Å². The third-order valence-electron chi connectivity index (χ3n) is 4.94. The van der Waals surface area contributed by atoms with Crippen LogP contribution < -0.4 is 5.32 Å². The van der Waals surface area contributed by atoms with Gasteiger partial charge in [-0.25, -0.2) is 17.2 Å². The first kappa shape index (κ1) is 20.4. The van der Waals surface area contributed by atoms with Crippen molar-refractivity contribution in [3.05, 3.63) is 65.7 Å². The van der Waals surface area contributed by atoms with E-state index in [2.05, 4.69) is 5.32 Å². The molecular formula is C20H22F2N2O3S. The van der Waals surface area contributed by atoms with Gasteiger partial charge in [0.05, 0.1) is 16.9 Å². The van der Waals surface area contributed by atoms with Gasteiger partial charge in [-0.1, -0.05) is 12.1 Å². The lowest BCUT2D eigenvalue weighted by Gasteiger charge is -2.32. The normalized spacial score (nSPS) is 19.2. The van der Waals surface area contributed by atoms with Crippen molar-refractivity contribution in [3.8, 4) is 0 Å². The highest BCUT2D eigenvalue weighted by Crippen LogP contribution is 2.25. The molecule has 0 bridgehead atoms. The highest BCUT2D eigenvalue weighted by atomic mass is 32.2. The lowest BCUT2D eigenvalue weighted by molar-refractivity contribution is -0.126. The lowest BCUT2D eigenvalue weighted by atomic mass is 9.98. The van der Waals surface area contributed by atoms with Gasteiger partial charge in [-0.05, 0) is 61.7 Å². The van der Waals surface area contributed by atoms with Gasteiger partial charge in [-0.2, -0.15) is 4.31 Å². The smallest absolute Gasteiger partial charge is 0.243 e. The van der Waals surface area contributed by atoms with E-state index in [1.807, 2.05) is 0 Å². The van der Waals surface area contributed by atoms with Crippen molar-refractivity contribution in [2.45, 2.75) is 30.7 Å². The van der Waals surface area contributed by atoms with E-state index in [0.717, 1.165) is 17.7 Å². The maximum Gasteiger partial charge on any atom is 0.243 e. The van der Waals surface area contributed by atoms with Crippen LogP contribution in [0.25, 0.3) is 0 Å². The SMILES string of the molecule is C[C@H](NC(=O)[C@H]1CCCN(S(=O)(=O)c2ccc(F)cc2)C1)c1ccc(F)cc1. The molecule has 0 aromatic heterocycles. The predicted octanol–water partition coefficient (Wildman–Crippen LogP) is 3.24. The Morgan fingerprint density at radius 1 is 1.07 bits per heavy atom. The van der Waals surface area contributed by atoms with E-state index in [9.17, 15) is 22.0 Å².